The van der Waals surface area contributed by atoms with E-state index in [0.717, 1.165) is 0 Å². The predicted molar refractivity (Wildman–Crippen MR) is 109 cm³/mol. The number of aromatic nitrogens is 5. The number of aromatic amines is 1. The number of H-pyrrole nitrogens is 1. The van der Waals surface area contributed by atoms with Gasteiger partial charge in [0.1, 0.15) is 17.9 Å². The first kappa shape index (κ1) is 19.9. The zero-order valence-electron chi connectivity index (χ0n) is 16.4. The van der Waals surface area contributed by atoms with Crippen LogP contribution in [0.2, 0.25) is 5.02 Å². The summed E-state index contributed by atoms with van der Waals surface area (Å²) in [7, 11) is 0. The highest BCUT2D eigenvalue weighted by Gasteiger charge is 2.28. The molecule has 156 valence electrons. The zero-order valence-corrected chi connectivity index (χ0v) is 17.1. The van der Waals surface area contributed by atoms with E-state index in [4.69, 9.17) is 26.5 Å². The summed E-state index contributed by atoms with van der Waals surface area (Å²) in [6.07, 6.45) is 2.61. The summed E-state index contributed by atoms with van der Waals surface area (Å²) in [6.45, 7) is 5.65. The van der Waals surface area contributed by atoms with Crippen LogP contribution in [-0.4, -0.2) is 31.3 Å². The first-order valence-corrected chi connectivity index (χ1v) is 9.50. The van der Waals surface area contributed by atoms with Gasteiger partial charge in [0.15, 0.2) is 17.2 Å². The third-order valence-electron chi connectivity index (χ3n) is 4.77. The van der Waals surface area contributed by atoms with Gasteiger partial charge in [-0.3, -0.25) is 4.98 Å². The molecule has 0 saturated carbocycles. The minimum atomic E-state index is -0.758. The Bertz CT molecular complexity index is 1310. The maximum Gasteiger partial charge on any atom is 0.416 e. The van der Waals surface area contributed by atoms with Gasteiger partial charge in [-0.1, -0.05) is 11.6 Å². The molecule has 0 fully saturated rings. The summed E-state index contributed by atoms with van der Waals surface area (Å²) < 4.78 is 27.5. The lowest BCUT2D eigenvalue weighted by Gasteiger charge is -2.21. The molecule has 4 aromatic rings. The van der Waals surface area contributed by atoms with Crippen LogP contribution >= 0.6 is 11.6 Å². The van der Waals surface area contributed by atoms with Crippen molar-refractivity contribution in [1.29, 1.82) is 0 Å². The number of fused-ring (bicyclic) bond motifs is 1. The summed E-state index contributed by atoms with van der Waals surface area (Å²) in [5.74, 6) is -0.995. The number of hydrogen-bond donors (Lipinski definition) is 2. The van der Waals surface area contributed by atoms with Crippen LogP contribution in [0.25, 0.3) is 22.4 Å². The van der Waals surface area contributed by atoms with Gasteiger partial charge >= 0.3 is 5.76 Å². The average molecular weight is 433 g/mol. The molecule has 0 spiro atoms. The van der Waals surface area contributed by atoms with Gasteiger partial charge in [0.25, 0.3) is 0 Å². The van der Waals surface area contributed by atoms with Gasteiger partial charge in [0.05, 0.1) is 40.5 Å². The highest BCUT2D eigenvalue weighted by molar-refractivity contribution is 6.31. The summed E-state index contributed by atoms with van der Waals surface area (Å²) in [5, 5.41) is 5.03. The summed E-state index contributed by atoms with van der Waals surface area (Å²) in [4.78, 5) is 22.2. The molecule has 0 saturated heterocycles. The molecule has 0 amide bonds. The highest BCUT2D eigenvalue weighted by Crippen LogP contribution is 2.42. The fraction of sp³-hybridized carbons (Fsp3) is 0.263. The van der Waals surface area contributed by atoms with E-state index >= 15 is 0 Å². The van der Waals surface area contributed by atoms with E-state index in [-0.39, 0.29) is 28.7 Å². The highest BCUT2D eigenvalue weighted by atomic mass is 35.5. The molecule has 0 aliphatic rings. The Balaban J connectivity index is 1.98. The van der Waals surface area contributed by atoms with Crippen LogP contribution in [0.5, 0.6) is 5.75 Å². The van der Waals surface area contributed by atoms with E-state index in [1.165, 1.54) is 18.6 Å². The van der Waals surface area contributed by atoms with Crippen molar-refractivity contribution in [3.63, 3.8) is 0 Å². The molecule has 0 radical (unpaired) electrons. The number of nitrogens with one attached hydrogen (secondary N) is 1. The Kier molecular flexibility index (Phi) is 4.94. The van der Waals surface area contributed by atoms with Gasteiger partial charge in [-0.2, -0.15) is 5.10 Å². The fourth-order valence-electron chi connectivity index (χ4n) is 3.44. The monoisotopic (exact) mass is 432 g/mol. The van der Waals surface area contributed by atoms with Crippen molar-refractivity contribution < 1.29 is 13.5 Å². The normalized spacial score (nSPS) is 12.4. The van der Waals surface area contributed by atoms with Crippen LogP contribution in [0, 0.1) is 12.7 Å². The Morgan fingerprint density at radius 3 is 2.87 bits per heavy atom. The Labute approximate surface area is 174 Å². The van der Waals surface area contributed by atoms with Crippen LogP contribution in [0.4, 0.5) is 10.2 Å². The lowest BCUT2D eigenvalue weighted by molar-refractivity contribution is 0.330. The van der Waals surface area contributed by atoms with Gasteiger partial charge in [0, 0.05) is 5.56 Å². The molecule has 0 bridgehead atoms. The van der Waals surface area contributed by atoms with E-state index in [1.54, 1.807) is 18.5 Å². The molecule has 0 aliphatic heterocycles. The maximum atomic E-state index is 15.0. The number of nitrogens with zero attached hydrogens (tertiary/aromatic N) is 4. The molecule has 1 unspecified atom stereocenters. The molecule has 1 atom stereocenters. The second-order valence-electron chi connectivity index (χ2n) is 6.60. The zero-order chi connectivity index (χ0) is 21.6. The number of halogens is 2. The lowest BCUT2D eigenvalue weighted by Crippen LogP contribution is -2.13. The number of oxazole rings is 1. The van der Waals surface area contributed by atoms with E-state index in [9.17, 15) is 9.18 Å². The molecule has 11 heteroatoms. The molecule has 30 heavy (non-hydrogen) atoms. The number of benzene rings is 1. The van der Waals surface area contributed by atoms with Crippen molar-refractivity contribution in [2.24, 2.45) is 0 Å². The van der Waals surface area contributed by atoms with Crippen molar-refractivity contribution in [2.45, 2.75) is 26.8 Å². The average Bonchev–Trinajstić information content (AvgIpc) is 3.28. The van der Waals surface area contributed by atoms with E-state index in [2.05, 4.69) is 20.1 Å². The number of rotatable bonds is 5. The summed E-state index contributed by atoms with van der Waals surface area (Å²) >= 11 is 6.19. The Hall–Kier alpha value is -3.40. The smallest absolute Gasteiger partial charge is 0.416 e. The van der Waals surface area contributed by atoms with Gasteiger partial charge in [-0.05, 0) is 26.8 Å². The summed E-state index contributed by atoms with van der Waals surface area (Å²) in [5.41, 5.74) is 7.64. The van der Waals surface area contributed by atoms with Gasteiger partial charge in [-0.15, -0.1) is 0 Å². The Morgan fingerprint density at radius 2 is 2.20 bits per heavy atom. The molecule has 4 rings (SSSR count). The molecule has 3 aromatic heterocycles. The predicted octanol–water partition coefficient (Wildman–Crippen LogP) is 3.47. The maximum absolute atomic E-state index is 15.0. The standard InChI is InChI=1S/C19H18ClFN6O3/c1-4-29-16-10(5-11(20)15(21)14(16)12-6-23-19(28)30-12)9(3)27-18-13(8(2)26-27)17(22)24-7-25-18/h5-7,9H,4H2,1-3H3,(H,23,28)(H2,22,24,25). The molecular formula is C19H18ClFN6O3. The largest absolute Gasteiger partial charge is 0.493 e. The number of aryl methyl sites for hydroxylation is 1. The first-order valence-electron chi connectivity index (χ1n) is 9.12. The van der Waals surface area contributed by atoms with Gasteiger partial charge in [-0.25, -0.2) is 23.8 Å². The number of anilines is 1. The van der Waals surface area contributed by atoms with E-state index in [0.29, 0.717) is 28.1 Å². The van der Waals surface area contributed by atoms with Crippen molar-refractivity contribution in [2.75, 3.05) is 12.3 Å². The molecule has 3 heterocycles. The van der Waals surface area contributed by atoms with E-state index in [1.807, 2.05) is 6.92 Å². The van der Waals surface area contributed by atoms with Crippen LogP contribution in [-0.2, 0) is 0 Å². The van der Waals surface area contributed by atoms with Gasteiger partial charge in [0.2, 0.25) is 0 Å². The second kappa shape index (κ2) is 7.45. The Morgan fingerprint density at radius 1 is 1.43 bits per heavy atom. The fourth-order valence-corrected chi connectivity index (χ4v) is 3.65. The van der Waals surface area contributed by atoms with Crippen molar-refractivity contribution >= 4 is 28.5 Å². The molecule has 3 N–H and O–H groups in total. The lowest BCUT2D eigenvalue weighted by atomic mass is 10.0. The van der Waals surface area contributed by atoms with Gasteiger partial charge < -0.3 is 14.9 Å². The SMILES string of the molecule is CCOc1c(C(C)n2nc(C)c3c(N)ncnc32)cc(Cl)c(F)c1-c1c[nH]c(=O)o1. The van der Waals surface area contributed by atoms with Crippen LogP contribution in [0.3, 0.4) is 0 Å². The van der Waals surface area contributed by atoms with Crippen molar-refractivity contribution in [3.05, 3.63) is 51.2 Å². The topological polar surface area (TPSA) is 125 Å². The molecule has 1 aromatic carbocycles. The minimum absolute atomic E-state index is 0.0232. The number of ether oxygens (including phenoxy) is 1. The third kappa shape index (κ3) is 3.09. The molecular weight excluding hydrogens is 415 g/mol. The number of nitrogen functional groups attached to an aromatic ring is 1. The molecule has 9 nitrogen and oxygen atoms in total. The quantitative estimate of drug-likeness (QED) is 0.494. The number of nitrogens with two attached hydrogens (primary N) is 1. The van der Waals surface area contributed by atoms with E-state index < -0.39 is 17.6 Å². The van der Waals surface area contributed by atoms with Crippen LogP contribution in [0.1, 0.15) is 31.1 Å². The minimum Gasteiger partial charge on any atom is -0.493 e. The molecule has 0 aliphatic carbocycles. The first-order chi connectivity index (χ1) is 14.3. The van der Waals surface area contributed by atoms with Crippen LogP contribution in [0.15, 0.2) is 27.8 Å². The third-order valence-corrected chi connectivity index (χ3v) is 5.04. The number of hydrogen-bond acceptors (Lipinski definition) is 7. The summed E-state index contributed by atoms with van der Waals surface area (Å²) in [6, 6.07) is 0.994. The second-order valence-corrected chi connectivity index (χ2v) is 7.01. The van der Waals surface area contributed by atoms with Crippen molar-refractivity contribution in [1.82, 2.24) is 24.7 Å². The van der Waals surface area contributed by atoms with Crippen LogP contribution < -0.4 is 16.2 Å². The van der Waals surface area contributed by atoms with Crippen molar-refractivity contribution in [3.8, 4) is 17.1 Å².